The van der Waals surface area contributed by atoms with E-state index in [0.717, 1.165) is 5.69 Å². The lowest BCUT2D eigenvalue weighted by atomic mass is 9.87. The van der Waals surface area contributed by atoms with Crippen LogP contribution in [0.5, 0.6) is 0 Å². The molecular weight excluding hydrogens is 262 g/mol. The Balaban J connectivity index is 2.12. The SMILES string of the molecule is CNc1cc(C(=O)Nc2ccc(C(C)(C)C)cc2)ccn1. The van der Waals surface area contributed by atoms with Crippen LogP contribution in [-0.2, 0) is 5.41 Å². The summed E-state index contributed by atoms with van der Waals surface area (Å²) < 4.78 is 0. The van der Waals surface area contributed by atoms with Crippen LogP contribution >= 0.6 is 0 Å². The molecule has 0 aliphatic heterocycles. The van der Waals surface area contributed by atoms with Crippen molar-refractivity contribution in [3.63, 3.8) is 0 Å². The fourth-order valence-electron chi connectivity index (χ4n) is 1.97. The van der Waals surface area contributed by atoms with Crippen molar-refractivity contribution in [1.29, 1.82) is 0 Å². The molecule has 0 radical (unpaired) electrons. The van der Waals surface area contributed by atoms with Crippen LogP contribution in [0.25, 0.3) is 0 Å². The number of nitrogens with zero attached hydrogens (tertiary/aromatic N) is 1. The molecule has 110 valence electrons. The molecule has 1 amide bonds. The van der Waals surface area contributed by atoms with Gasteiger partial charge in [-0.25, -0.2) is 4.98 Å². The van der Waals surface area contributed by atoms with E-state index in [1.807, 2.05) is 24.3 Å². The van der Waals surface area contributed by atoms with Crippen LogP contribution in [0.2, 0.25) is 0 Å². The highest BCUT2D eigenvalue weighted by atomic mass is 16.1. The van der Waals surface area contributed by atoms with Gasteiger partial charge in [-0.1, -0.05) is 32.9 Å². The van der Waals surface area contributed by atoms with E-state index >= 15 is 0 Å². The molecule has 0 saturated heterocycles. The van der Waals surface area contributed by atoms with Gasteiger partial charge in [0.25, 0.3) is 5.91 Å². The first kappa shape index (κ1) is 15.0. The van der Waals surface area contributed by atoms with Gasteiger partial charge in [-0.05, 0) is 35.2 Å². The second kappa shape index (κ2) is 5.95. The summed E-state index contributed by atoms with van der Waals surface area (Å²) in [5.41, 5.74) is 2.71. The van der Waals surface area contributed by atoms with E-state index in [-0.39, 0.29) is 11.3 Å². The van der Waals surface area contributed by atoms with Crippen LogP contribution in [0.15, 0.2) is 42.6 Å². The van der Waals surface area contributed by atoms with Crippen LogP contribution in [0.3, 0.4) is 0 Å². The minimum atomic E-state index is -0.141. The first-order valence-corrected chi connectivity index (χ1v) is 6.96. The lowest BCUT2D eigenvalue weighted by molar-refractivity contribution is 0.102. The Hall–Kier alpha value is -2.36. The molecule has 4 heteroatoms. The lowest BCUT2D eigenvalue weighted by Crippen LogP contribution is -2.14. The number of benzene rings is 1. The van der Waals surface area contributed by atoms with Crippen molar-refractivity contribution in [3.8, 4) is 0 Å². The largest absolute Gasteiger partial charge is 0.373 e. The van der Waals surface area contributed by atoms with E-state index in [1.54, 1.807) is 25.4 Å². The Kier molecular flexibility index (Phi) is 4.26. The Morgan fingerprint density at radius 3 is 2.33 bits per heavy atom. The van der Waals surface area contributed by atoms with Crippen LogP contribution in [0.4, 0.5) is 11.5 Å². The first-order valence-electron chi connectivity index (χ1n) is 6.96. The average Bonchev–Trinajstić information content (AvgIpc) is 2.47. The summed E-state index contributed by atoms with van der Waals surface area (Å²) in [6.45, 7) is 6.49. The molecule has 0 fully saturated rings. The summed E-state index contributed by atoms with van der Waals surface area (Å²) in [7, 11) is 1.77. The van der Waals surface area contributed by atoms with Crippen LogP contribution in [0.1, 0.15) is 36.7 Å². The number of aromatic nitrogens is 1. The maximum absolute atomic E-state index is 12.2. The molecule has 2 N–H and O–H groups in total. The van der Waals surface area contributed by atoms with Gasteiger partial charge in [0, 0.05) is 24.5 Å². The third-order valence-electron chi connectivity index (χ3n) is 3.29. The smallest absolute Gasteiger partial charge is 0.255 e. The Labute approximate surface area is 125 Å². The van der Waals surface area contributed by atoms with Gasteiger partial charge in [-0.3, -0.25) is 4.79 Å². The number of carbonyl (C=O) groups excluding carboxylic acids is 1. The molecule has 2 rings (SSSR count). The van der Waals surface area contributed by atoms with E-state index in [4.69, 9.17) is 0 Å². The van der Waals surface area contributed by atoms with Crippen LogP contribution in [0, 0.1) is 0 Å². The number of nitrogens with one attached hydrogen (secondary N) is 2. The number of anilines is 2. The fourth-order valence-corrected chi connectivity index (χ4v) is 1.97. The minimum absolute atomic E-state index is 0.106. The van der Waals surface area contributed by atoms with Gasteiger partial charge >= 0.3 is 0 Å². The molecule has 0 aliphatic carbocycles. The summed E-state index contributed by atoms with van der Waals surface area (Å²) in [6.07, 6.45) is 1.61. The molecule has 0 aliphatic rings. The molecule has 1 aromatic heterocycles. The highest BCUT2D eigenvalue weighted by Gasteiger charge is 2.13. The molecule has 0 unspecified atom stereocenters. The maximum Gasteiger partial charge on any atom is 0.255 e. The van der Waals surface area contributed by atoms with Crippen molar-refractivity contribution in [2.24, 2.45) is 0 Å². The third kappa shape index (κ3) is 3.81. The minimum Gasteiger partial charge on any atom is -0.373 e. The molecule has 21 heavy (non-hydrogen) atoms. The molecule has 0 bridgehead atoms. The second-order valence-corrected chi connectivity index (χ2v) is 5.96. The predicted octanol–water partition coefficient (Wildman–Crippen LogP) is 3.67. The van der Waals surface area contributed by atoms with Crippen LogP contribution < -0.4 is 10.6 Å². The van der Waals surface area contributed by atoms with Crippen molar-refractivity contribution in [1.82, 2.24) is 4.98 Å². The van der Waals surface area contributed by atoms with Crippen molar-refractivity contribution >= 4 is 17.4 Å². The van der Waals surface area contributed by atoms with Gasteiger partial charge in [0.15, 0.2) is 0 Å². The Morgan fingerprint density at radius 1 is 1.10 bits per heavy atom. The Morgan fingerprint density at radius 2 is 1.76 bits per heavy atom. The van der Waals surface area contributed by atoms with Gasteiger partial charge in [0.1, 0.15) is 5.82 Å². The molecule has 0 atom stereocenters. The standard InChI is InChI=1S/C17H21N3O/c1-17(2,3)13-5-7-14(8-6-13)20-16(21)12-9-10-19-15(11-12)18-4/h5-11H,1-4H3,(H,18,19)(H,20,21). The Bertz CT molecular complexity index is 627. The number of pyridine rings is 1. The summed E-state index contributed by atoms with van der Waals surface area (Å²) in [5.74, 6) is 0.531. The molecule has 0 spiro atoms. The molecule has 1 aromatic carbocycles. The van der Waals surface area contributed by atoms with E-state index in [0.29, 0.717) is 11.4 Å². The number of carbonyl (C=O) groups is 1. The number of amides is 1. The van der Waals surface area contributed by atoms with E-state index in [9.17, 15) is 4.79 Å². The quantitative estimate of drug-likeness (QED) is 0.903. The fraction of sp³-hybridized carbons (Fsp3) is 0.294. The topological polar surface area (TPSA) is 54.0 Å². The summed E-state index contributed by atoms with van der Waals surface area (Å²) in [6, 6.07) is 11.4. The monoisotopic (exact) mass is 283 g/mol. The van der Waals surface area contributed by atoms with E-state index in [2.05, 4.69) is 36.4 Å². The van der Waals surface area contributed by atoms with E-state index < -0.39 is 0 Å². The maximum atomic E-state index is 12.2. The van der Waals surface area contributed by atoms with Gasteiger partial charge in [0.2, 0.25) is 0 Å². The third-order valence-corrected chi connectivity index (χ3v) is 3.29. The predicted molar refractivity (Wildman–Crippen MR) is 86.9 cm³/mol. The lowest BCUT2D eigenvalue weighted by Gasteiger charge is -2.19. The van der Waals surface area contributed by atoms with Crippen LogP contribution in [-0.4, -0.2) is 17.9 Å². The molecule has 0 saturated carbocycles. The highest BCUT2D eigenvalue weighted by Crippen LogP contribution is 2.23. The zero-order chi connectivity index (χ0) is 15.5. The zero-order valence-electron chi connectivity index (χ0n) is 12.9. The van der Waals surface area contributed by atoms with Crippen molar-refractivity contribution in [2.45, 2.75) is 26.2 Å². The number of hydrogen-bond donors (Lipinski definition) is 2. The van der Waals surface area contributed by atoms with Crippen molar-refractivity contribution < 1.29 is 4.79 Å². The summed E-state index contributed by atoms with van der Waals surface area (Å²) >= 11 is 0. The van der Waals surface area contributed by atoms with Gasteiger partial charge in [-0.2, -0.15) is 0 Å². The summed E-state index contributed by atoms with van der Waals surface area (Å²) in [5, 5.41) is 5.81. The van der Waals surface area contributed by atoms with Gasteiger partial charge in [-0.15, -0.1) is 0 Å². The number of rotatable bonds is 3. The van der Waals surface area contributed by atoms with Gasteiger partial charge < -0.3 is 10.6 Å². The normalized spacial score (nSPS) is 11.0. The average molecular weight is 283 g/mol. The number of hydrogen-bond acceptors (Lipinski definition) is 3. The van der Waals surface area contributed by atoms with Crippen molar-refractivity contribution in [3.05, 3.63) is 53.7 Å². The molecular formula is C17H21N3O. The molecule has 2 aromatic rings. The highest BCUT2D eigenvalue weighted by molar-refractivity contribution is 6.04. The molecule has 1 heterocycles. The van der Waals surface area contributed by atoms with Crippen molar-refractivity contribution in [2.75, 3.05) is 17.7 Å². The van der Waals surface area contributed by atoms with Gasteiger partial charge in [0.05, 0.1) is 0 Å². The first-order chi connectivity index (χ1) is 9.90. The zero-order valence-corrected chi connectivity index (χ0v) is 12.9. The van der Waals surface area contributed by atoms with E-state index in [1.165, 1.54) is 5.56 Å². The summed E-state index contributed by atoms with van der Waals surface area (Å²) in [4.78, 5) is 16.3. The second-order valence-electron chi connectivity index (χ2n) is 5.96. The molecule has 4 nitrogen and oxygen atoms in total.